The van der Waals surface area contributed by atoms with Gasteiger partial charge in [0.1, 0.15) is 10.7 Å². The first kappa shape index (κ1) is 16.8. The molecule has 0 atom stereocenters. The number of hydrogen-bond donors (Lipinski definition) is 1. The quantitative estimate of drug-likeness (QED) is 0.840. The number of amides is 2. The lowest BCUT2D eigenvalue weighted by atomic mass is 10.0. The van der Waals surface area contributed by atoms with E-state index in [4.69, 9.17) is 0 Å². The molecule has 9 heteroatoms. The van der Waals surface area contributed by atoms with Gasteiger partial charge in [-0.25, -0.2) is 12.8 Å². The van der Waals surface area contributed by atoms with E-state index in [1.165, 1.54) is 17.3 Å². The molecule has 1 saturated heterocycles. The number of piperazine rings is 1. The lowest BCUT2D eigenvalue weighted by molar-refractivity contribution is -0.130. The van der Waals surface area contributed by atoms with Crippen LogP contribution in [0.3, 0.4) is 0 Å². The number of carbonyl (C=O) groups excluding carboxylic acids is 2. The minimum absolute atomic E-state index is 0.109. The summed E-state index contributed by atoms with van der Waals surface area (Å²) in [4.78, 5) is 23.9. The van der Waals surface area contributed by atoms with E-state index in [1.807, 2.05) is 0 Å². The molecule has 0 bridgehead atoms. The minimum atomic E-state index is -3.98. The van der Waals surface area contributed by atoms with Crippen molar-refractivity contribution in [3.05, 3.63) is 23.5 Å². The third kappa shape index (κ3) is 3.01. The molecule has 1 N–H and O–H groups in total. The Labute approximate surface area is 139 Å². The van der Waals surface area contributed by atoms with Gasteiger partial charge in [-0.2, -0.15) is 4.31 Å². The Morgan fingerprint density at radius 3 is 2.46 bits per heavy atom. The molecule has 0 unspecified atom stereocenters. The van der Waals surface area contributed by atoms with Crippen molar-refractivity contribution in [2.75, 3.05) is 31.5 Å². The zero-order valence-corrected chi connectivity index (χ0v) is 14.0. The fraction of sp³-hybridized carbons (Fsp3) is 0.467. The summed E-state index contributed by atoms with van der Waals surface area (Å²) in [6, 6.07) is 2.36. The summed E-state index contributed by atoms with van der Waals surface area (Å²) < 4.78 is 41.0. The molecule has 0 aromatic heterocycles. The first-order chi connectivity index (χ1) is 11.3. The van der Waals surface area contributed by atoms with E-state index in [-0.39, 0.29) is 49.3 Å². The van der Waals surface area contributed by atoms with Crippen LogP contribution < -0.4 is 5.32 Å². The van der Waals surface area contributed by atoms with Gasteiger partial charge >= 0.3 is 0 Å². The number of nitrogens with one attached hydrogen (secondary N) is 1. The molecule has 0 spiro atoms. The first-order valence-corrected chi connectivity index (χ1v) is 9.11. The number of benzene rings is 1. The molecule has 0 aliphatic carbocycles. The van der Waals surface area contributed by atoms with Gasteiger partial charge in [0, 0.05) is 45.2 Å². The Hall–Kier alpha value is -2.00. The van der Waals surface area contributed by atoms with E-state index in [0.29, 0.717) is 17.7 Å². The molecule has 2 aliphatic rings. The van der Waals surface area contributed by atoms with Gasteiger partial charge in [0.05, 0.1) is 0 Å². The SMILES string of the molecule is CC(=O)N1CCN(S(=O)(=O)c2cc3c(cc2F)NC(=O)CC3)CC1. The summed E-state index contributed by atoms with van der Waals surface area (Å²) in [6.45, 7) is 2.28. The topological polar surface area (TPSA) is 86.8 Å². The molecule has 1 aromatic carbocycles. The van der Waals surface area contributed by atoms with Gasteiger partial charge in [-0.15, -0.1) is 0 Å². The Bertz CT molecular complexity index is 801. The molecule has 0 radical (unpaired) electrons. The number of rotatable bonds is 2. The van der Waals surface area contributed by atoms with Crippen LogP contribution >= 0.6 is 0 Å². The van der Waals surface area contributed by atoms with Gasteiger partial charge in [0.15, 0.2) is 0 Å². The molecular weight excluding hydrogens is 337 g/mol. The molecule has 24 heavy (non-hydrogen) atoms. The van der Waals surface area contributed by atoms with Gasteiger partial charge < -0.3 is 10.2 Å². The number of halogens is 1. The van der Waals surface area contributed by atoms with Crippen LogP contribution in [0.25, 0.3) is 0 Å². The van der Waals surface area contributed by atoms with Crippen molar-refractivity contribution in [2.45, 2.75) is 24.7 Å². The van der Waals surface area contributed by atoms with Gasteiger partial charge in [-0.05, 0) is 24.1 Å². The van der Waals surface area contributed by atoms with Crippen LogP contribution in [0.5, 0.6) is 0 Å². The fourth-order valence-electron chi connectivity index (χ4n) is 2.96. The third-order valence-electron chi connectivity index (χ3n) is 4.36. The Morgan fingerprint density at radius 1 is 1.17 bits per heavy atom. The second-order valence-corrected chi connectivity index (χ2v) is 7.80. The van der Waals surface area contributed by atoms with E-state index in [0.717, 1.165) is 6.07 Å². The summed E-state index contributed by atoms with van der Waals surface area (Å²) in [5.74, 6) is -1.20. The molecule has 1 fully saturated rings. The molecule has 7 nitrogen and oxygen atoms in total. The van der Waals surface area contributed by atoms with Crippen LogP contribution in [0.15, 0.2) is 17.0 Å². The van der Waals surface area contributed by atoms with Crippen LogP contribution in [0, 0.1) is 5.82 Å². The van der Waals surface area contributed by atoms with E-state index < -0.39 is 15.8 Å². The predicted molar refractivity (Wildman–Crippen MR) is 84.4 cm³/mol. The van der Waals surface area contributed by atoms with Crippen LogP contribution in [0.4, 0.5) is 10.1 Å². The maximum absolute atomic E-state index is 14.3. The van der Waals surface area contributed by atoms with Crippen molar-refractivity contribution in [1.82, 2.24) is 9.21 Å². The molecule has 1 aromatic rings. The standard InChI is InChI=1S/C15H18FN3O4S/c1-10(20)18-4-6-19(7-5-18)24(22,23)14-8-11-2-3-15(21)17-13(11)9-12(14)16/h8-9H,2-7H2,1H3,(H,17,21). The van der Waals surface area contributed by atoms with Gasteiger partial charge in [0.25, 0.3) is 0 Å². The smallest absolute Gasteiger partial charge is 0.246 e. The zero-order chi connectivity index (χ0) is 17.5. The summed E-state index contributed by atoms with van der Waals surface area (Å²) >= 11 is 0. The Kier molecular flexibility index (Phi) is 4.31. The monoisotopic (exact) mass is 355 g/mol. The molecular formula is C15H18FN3O4S. The number of anilines is 1. The first-order valence-electron chi connectivity index (χ1n) is 7.67. The van der Waals surface area contributed by atoms with Crippen LogP contribution in [-0.4, -0.2) is 55.6 Å². The average Bonchev–Trinajstić information content (AvgIpc) is 2.54. The van der Waals surface area contributed by atoms with Crippen LogP contribution in [-0.2, 0) is 26.0 Å². The number of sulfonamides is 1. The van der Waals surface area contributed by atoms with Crippen molar-refractivity contribution >= 4 is 27.5 Å². The Morgan fingerprint density at radius 2 is 1.83 bits per heavy atom. The Balaban J connectivity index is 1.88. The number of hydrogen-bond acceptors (Lipinski definition) is 4. The maximum atomic E-state index is 14.3. The second kappa shape index (κ2) is 6.14. The molecule has 2 aliphatic heterocycles. The van der Waals surface area contributed by atoms with E-state index >= 15 is 0 Å². The average molecular weight is 355 g/mol. The summed E-state index contributed by atoms with van der Waals surface area (Å²) in [6.07, 6.45) is 0.623. The summed E-state index contributed by atoms with van der Waals surface area (Å²) in [5.41, 5.74) is 0.932. The highest BCUT2D eigenvalue weighted by Crippen LogP contribution is 2.30. The van der Waals surface area contributed by atoms with Crippen LogP contribution in [0.1, 0.15) is 18.9 Å². The normalized spacial score (nSPS) is 18.9. The molecule has 130 valence electrons. The summed E-state index contributed by atoms with van der Waals surface area (Å²) in [5, 5.41) is 2.55. The highest BCUT2D eigenvalue weighted by Gasteiger charge is 2.32. The number of carbonyl (C=O) groups is 2. The van der Waals surface area contributed by atoms with E-state index in [2.05, 4.69) is 5.32 Å². The molecule has 0 saturated carbocycles. The lowest BCUT2D eigenvalue weighted by Gasteiger charge is -2.33. The molecule has 2 amide bonds. The molecule has 2 heterocycles. The van der Waals surface area contributed by atoms with Gasteiger partial charge in [-0.1, -0.05) is 0 Å². The van der Waals surface area contributed by atoms with Crippen molar-refractivity contribution in [3.8, 4) is 0 Å². The van der Waals surface area contributed by atoms with Crippen molar-refractivity contribution in [3.63, 3.8) is 0 Å². The highest BCUT2D eigenvalue weighted by atomic mass is 32.2. The van der Waals surface area contributed by atoms with E-state index in [1.54, 1.807) is 4.90 Å². The zero-order valence-electron chi connectivity index (χ0n) is 13.2. The van der Waals surface area contributed by atoms with Crippen LogP contribution in [0.2, 0.25) is 0 Å². The highest BCUT2D eigenvalue weighted by molar-refractivity contribution is 7.89. The van der Waals surface area contributed by atoms with E-state index in [9.17, 15) is 22.4 Å². The largest absolute Gasteiger partial charge is 0.340 e. The molecule has 3 rings (SSSR count). The van der Waals surface area contributed by atoms with Gasteiger partial charge in [-0.3, -0.25) is 9.59 Å². The fourth-order valence-corrected chi connectivity index (χ4v) is 4.48. The van der Waals surface area contributed by atoms with Crippen molar-refractivity contribution in [2.24, 2.45) is 0 Å². The minimum Gasteiger partial charge on any atom is -0.340 e. The van der Waals surface area contributed by atoms with Crippen molar-refractivity contribution < 1.29 is 22.4 Å². The third-order valence-corrected chi connectivity index (χ3v) is 6.27. The summed E-state index contributed by atoms with van der Waals surface area (Å²) in [7, 11) is -3.98. The second-order valence-electron chi connectivity index (χ2n) is 5.90. The van der Waals surface area contributed by atoms with Crippen molar-refractivity contribution in [1.29, 1.82) is 0 Å². The maximum Gasteiger partial charge on any atom is 0.246 e. The lowest BCUT2D eigenvalue weighted by Crippen LogP contribution is -2.50. The van der Waals surface area contributed by atoms with Gasteiger partial charge in [0.2, 0.25) is 21.8 Å². The predicted octanol–water partition coefficient (Wildman–Crippen LogP) is 0.563. The number of nitrogens with zero attached hydrogens (tertiary/aromatic N) is 2. The number of aryl methyl sites for hydroxylation is 1. The number of fused-ring (bicyclic) bond motifs is 1.